The van der Waals surface area contributed by atoms with E-state index in [1.165, 1.54) is 24.3 Å². The van der Waals surface area contributed by atoms with E-state index >= 15 is 0 Å². The van der Waals surface area contributed by atoms with E-state index in [4.69, 9.17) is 19.3 Å². The van der Waals surface area contributed by atoms with Gasteiger partial charge in [-0.05, 0) is 29.8 Å². The molecule has 3 aliphatic heterocycles. The fraction of sp³-hybridized carbons (Fsp3) is 0.308. The average molecular weight is 494 g/mol. The Hall–Kier alpha value is -2.98. The van der Waals surface area contributed by atoms with Crippen molar-refractivity contribution in [1.82, 2.24) is 0 Å². The van der Waals surface area contributed by atoms with Crippen LogP contribution in [0.25, 0.3) is 0 Å². The van der Waals surface area contributed by atoms with Crippen molar-refractivity contribution in [3.8, 4) is 5.75 Å². The fourth-order valence-corrected chi connectivity index (χ4v) is 2.46. The van der Waals surface area contributed by atoms with Gasteiger partial charge < -0.3 is 24.1 Å². The molecule has 188 valence electrons. The summed E-state index contributed by atoms with van der Waals surface area (Å²) in [5, 5.41) is 7.94. The molecule has 3 heterocycles. The largest absolute Gasteiger partial charge is 0.491 e. The molecule has 5 nitrogen and oxygen atoms in total. The third kappa shape index (κ3) is 11.8. The first-order chi connectivity index (χ1) is 16.8. The quantitative estimate of drug-likeness (QED) is 0.389. The molecule has 6 rings (SSSR count). The van der Waals surface area contributed by atoms with Crippen LogP contribution in [-0.4, -0.2) is 43.9 Å². The molecule has 3 atom stereocenters. The number of halogens is 4. The van der Waals surface area contributed by atoms with Crippen LogP contribution in [0.2, 0.25) is 0 Å². The monoisotopic (exact) mass is 494 g/mol. The van der Waals surface area contributed by atoms with Crippen LogP contribution in [0.4, 0.5) is 17.6 Å². The first-order valence-electron chi connectivity index (χ1n) is 10.9. The van der Waals surface area contributed by atoms with Crippen molar-refractivity contribution < 1.29 is 41.6 Å². The Morgan fingerprint density at radius 3 is 1.69 bits per heavy atom. The van der Waals surface area contributed by atoms with Crippen molar-refractivity contribution in [2.24, 2.45) is 0 Å². The molecule has 1 N–H and O–H groups in total. The summed E-state index contributed by atoms with van der Waals surface area (Å²) >= 11 is 0. The average Bonchev–Trinajstić information content (AvgIpc) is 3.69. The van der Waals surface area contributed by atoms with Crippen LogP contribution in [0.1, 0.15) is 17.2 Å². The maximum absolute atomic E-state index is 12.3. The molecule has 0 aliphatic carbocycles. The summed E-state index contributed by atoms with van der Waals surface area (Å²) in [4.78, 5) is 0. The number of hydrogen-bond acceptors (Lipinski definition) is 5. The minimum atomic E-state index is -4.21. The molecule has 3 aromatic carbocycles. The normalized spacial score (nSPS) is 21.0. The maximum Gasteiger partial charge on any atom is 0.416 e. The SMILES string of the molecule is FC(F)(F)c1ccccc1.Fc1ccc(C2CO2)cc1.OC1CO1.c1ccc(OCC2CO2)cc1. The molecule has 3 aromatic rings. The van der Waals surface area contributed by atoms with Gasteiger partial charge in [-0.3, -0.25) is 0 Å². The van der Waals surface area contributed by atoms with E-state index in [1.807, 2.05) is 30.3 Å². The van der Waals surface area contributed by atoms with Crippen molar-refractivity contribution in [2.45, 2.75) is 24.7 Å². The highest BCUT2D eigenvalue weighted by Crippen LogP contribution is 2.29. The molecule has 3 aliphatic rings. The van der Waals surface area contributed by atoms with E-state index in [2.05, 4.69) is 4.74 Å². The second-order valence-electron chi connectivity index (χ2n) is 7.60. The first-order valence-corrected chi connectivity index (χ1v) is 10.9. The summed E-state index contributed by atoms with van der Waals surface area (Å²) in [5.41, 5.74) is 0.469. The Kier molecular flexibility index (Phi) is 10.0. The van der Waals surface area contributed by atoms with Crippen LogP contribution in [0.5, 0.6) is 5.75 Å². The van der Waals surface area contributed by atoms with E-state index in [0.717, 1.165) is 36.7 Å². The van der Waals surface area contributed by atoms with Gasteiger partial charge in [0.15, 0.2) is 6.29 Å². The van der Waals surface area contributed by atoms with Gasteiger partial charge in [-0.15, -0.1) is 0 Å². The molecule has 3 fully saturated rings. The molecular formula is C26H26F4O5. The summed E-state index contributed by atoms with van der Waals surface area (Å²) in [5.74, 6) is 0.729. The van der Waals surface area contributed by atoms with E-state index in [9.17, 15) is 17.6 Å². The lowest BCUT2D eigenvalue weighted by Crippen LogP contribution is -2.03. The van der Waals surface area contributed by atoms with Gasteiger partial charge in [-0.1, -0.05) is 60.7 Å². The molecule has 3 saturated heterocycles. The van der Waals surface area contributed by atoms with Gasteiger partial charge >= 0.3 is 6.18 Å². The molecule has 35 heavy (non-hydrogen) atoms. The van der Waals surface area contributed by atoms with Crippen molar-refractivity contribution in [1.29, 1.82) is 0 Å². The third-order valence-corrected chi connectivity index (χ3v) is 4.57. The zero-order valence-corrected chi connectivity index (χ0v) is 18.7. The smallest absolute Gasteiger partial charge is 0.416 e. The van der Waals surface area contributed by atoms with E-state index in [-0.39, 0.29) is 11.9 Å². The molecule has 0 radical (unpaired) electrons. The van der Waals surface area contributed by atoms with Crippen LogP contribution in [0.3, 0.4) is 0 Å². The summed E-state index contributed by atoms with van der Waals surface area (Å²) in [6.45, 7) is 2.86. The van der Waals surface area contributed by atoms with Gasteiger partial charge in [-0.25, -0.2) is 4.39 Å². The van der Waals surface area contributed by atoms with E-state index in [1.54, 1.807) is 18.2 Å². The van der Waals surface area contributed by atoms with Crippen molar-refractivity contribution >= 4 is 0 Å². The molecule has 0 amide bonds. The zero-order valence-electron chi connectivity index (χ0n) is 18.7. The lowest BCUT2D eigenvalue weighted by molar-refractivity contribution is -0.137. The topological polar surface area (TPSA) is 67.0 Å². The third-order valence-electron chi connectivity index (χ3n) is 4.57. The second-order valence-corrected chi connectivity index (χ2v) is 7.60. The van der Waals surface area contributed by atoms with Crippen molar-refractivity contribution in [2.75, 3.05) is 26.4 Å². The van der Waals surface area contributed by atoms with Gasteiger partial charge in [0, 0.05) is 0 Å². The lowest BCUT2D eigenvalue weighted by Gasteiger charge is -2.03. The Morgan fingerprint density at radius 2 is 1.29 bits per heavy atom. The summed E-state index contributed by atoms with van der Waals surface area (Å²) in [6, 6.07) is 22.6. The lowest BCUT2D eigenvalue weighted by atomic mass is 10.2. The van der Waals surface area contributed by atoms with Crippen LogP contribution < -0.4 is 4.74 Å². The highest BCUT2D eigenvalue weighted by molar-refractivity contribution is 5.21. The van der Waals surface area contributed by atoms with Gasteiger partial charge in [-0.2, -0.15) is 13.2 Å². The number of ether oxygens (including phenoxy) is 4. The van der Waals surface area contributed by atoms with E-state index in [0.29, 0.717) is 19.3 Å². The van der Waals surface area contributed by atoms with Crippen LogP contribution in [0, 0.1) is 5.82 Å². The molecule has 0 aromatic heterocycles. The highest BCUT2D eigenvalue weighted by Gasteiger charge is 2.29. The number of aliphatic hydroxyl groups is 1. The second kappa shape index (κ2) is 13.2. The Morgan fingerprint density at radius 1 is 0.771 bits per heavy atom. The van der Waals surface area contributed by atoms with Crippen LogP contribution >= 0.6 is 0 Å². The molecule has 0 spiro atoms. The molecule has 0 bridgehead atoms. The van der Waals surface area contributed by atoms with Gasteiger partial charge in [0.2, 0.25) is 0 Å². The van der Waals surface area contributed by atoms with Crippen molar-refractivity contribution in [3.63, 3.8) is 0 Å². The summed E-state index contributed by atoms with van der Waals surface area (Å²) < 4.78 is 67.4. The highest BCUT2D eigenvalue weighted by atomic mass is 19.4. The molecular weight excluding hydrogens is 468 g/mol. The number of alkyl halides is 3. The predicted octanol–water partition coefficient (Wildman–Crippen LogP) is 5.40. The van der Waals surface area contributed by atoms with Crippen LogP contribution in [-0.2, 0) is 20.4 Å². The number of benzene rings is 3. The van der Waals surface area contributed by atoms with Crippen molar-refractivity contribution in [3.05, 3.63) is 102 Å². The maximum atomic E-state index is 12.3. The van der Waals surface area contributed by atoms with Crippen LogP contribution in [0.15, 0.2) is 84.9 Å². The Bertz CT molecular complexity index is 972. The Balaban J connectivity index is 0.000000136. The molecule has 0 saturated carbocycles. The minimum absolute atomic E-state index is 0.190. The van der Waals surface area contributed by atoms with Gasteiger partial charge in [0.05, 0.1) is 18.8 Å². The number of para-hydroxylation sites is 1. The standard InChI is InChI=1S/C9H10O2.C8H7FO.C7H5F3.C2H4O2/c1-2-4-8(5-3-1)10-6-9-7-11-9;9-7-3-1-6(2-4-7)8-5-10-8;8-7(9,10)6-4-2-1-3-5-6;3-2-1-4-2/h1-5,9H,6-7H2;1-4,8H,5H2;1-5H;2-3H,1H2. The number of rotatable bonds is 4. The predicted molar refractivity (Wildman–Crippen MR) is 120 cm³/mol. The summed E-state index contributed by atoms with van der Waals surface area (Å²) in [7, 11) is 0. The van der Waals surface area contributed by atoms with E-state index < -0.39 is 18.0 Å². The number of hydrogen-bond donors (Lipinski definition) is 1. The van der Waals surface area contributed by atoms with Gasteiger partial charge in [0.1, 0.15) is 37.0 Å². The Labute approximate surface area is 200 Å². The first kappa shape index (κ1) is 26.6. The fourth-order valence-electron chi connectivity index (χ4n) is 2.46. The number of epoxide rings is 3. The summed E-state index contributed by atoms with van der Waals surface area (Å²) in [6.07, 6.45) is -4.04. The van der Waals surface area contributed by atoms with Gasteiger partial charge in [0.25, 0.3) is 0 Å². The molecule has 3 unspecified atom stereocenters. The molecule has 9 heteroatoms. The zero-order chi connectivity index (χ0) is 25.1. The number of aliphatic hydroxyl groups excluding tert-OH is 1. The minimum Gasteiger partial charge on any atom is -0.491 e.